The molecule has 1 aliphatic carbocycles. The Morgan fingerprint density at radius 3 is 2.95 bits per heavy atom. The van der Waals surface area contributed by atoms with E-state index < -0.39 is 0 Å². The lowest BCUT2D eigenvalue weighted by Crippen LogP contribution is -2.26. The number of methoxy groups -OCH3 is 1. The summed E-state index contributed by atoms with van der Waals surface area (Å²) in [6.45, 7) is 5.10. The molecular formula is C15H25N3O. The number of fused-ring (bicyclic) bond motifs is 1. The minimum absolute atomic E-state index is 0.258. The summed E-state index contributed by atoms with van der Waals surface area (Å²) in [5, 5.41) is 3.43. The smallest absolute Gasteiger partial charge is 0.112 e. The number of ether oxygens (including phenoxy) is 1. The van der Waals surface area contributed by atoms with Crippen molar-refractivity contribution in [1.82, 2.24) is 14.9 Å². The Bertz CT molecular complexity index is 435. The maximum Gasteiger partial charge on any atom is 0.112 e. The van der Waals surface area contributed by atoms with Gasteiger partial charge in [-0.3, -0.25) is 0 Å². The molecule has 1 unspecified atom stereocenters. The van der Waals surface area contributed by atoms with Gasteiger partial charge in [-0.1, -0.05) is 12.8 Å². The topological polar surface area (TPSA) is 39.1 Å². The first kappa shape index (κ1) is 13.1. The quantitative estimate of drug-likeness (QED) is 0.905. The van der Waals surface area contributed by atoms with Crippen LogP contribution in [-0.2, 0) is 24.2 Å². The number of rotatable bonds is 4. The molecule has 3 rings (SSSR count). The van der Waals surface area contributed by atoms with Crippen LogP contribution in [0, 0.1) is 0 Å². The van der Waals surface area contributed by atoms with Crippen molar-refractivity contribution in [1.29, 1.82) is 0 Å². The third-order valence-corrected chi connectivity index (χ3v) is 4.58. The van der Waals surface area contributed by atoms with Crippen LogP contribution < -0.4 is 5.32 Å². The molecule has 1 fully saturated rings. The third kappa shape index (κ3) is 2.56. The Labute approximate surface area is 115 Å². The number of hydrogen-bond donors (Lipinski definition) is 1. The second kappa shape index (κ2) is 5.63. The van der Waals surface area contributed by atoms with Crippen LogP contribution in [-0.4, -0.2) is 29.3 Å². The average Bonchev–Trinajstić information content (AvgIpc) is 3.06. The molecule has 0 aromatic carbocycles. The van der Waals surface area contributed by atoms with Gasteiger partial charge < -0.3 is 14.6 Å². The summed E-state index contributed by atoms with van der Waals surface area (Å²) in [7, 11) is 1.80. The van der Waals surface area contributed by atoms with E-state index in [0.717, 1.165) is 26.1 Å². The monoisotopic (exact) mass is 263 g/mol. The zero-order chi connectivity index (χ0) is 13.2. The first-order chi connectivity index (χ1) is 9.29. The van der Waals surface area contributed by atoms with Crippen LogP contribution in [0.15, 0.2) is 0 Å². The number of aromatic nitrogens is 2. The molecule has 0 radical (unpaired) electrons. The fraction of sp³-hybridized carbons (Fsp3) is 0.800. The molecule has 19 heavy (non-hydrogen) atoms. The van der Waals surface area contributed by atoms with E-state index in [1.807, 2.05) is 0 Å². The van der Waals surface area contributed by atoms with Gasteiger partial charge in [-0.05, 0) is 19.8 Å². The zero-order valence-electron chi connectivity index (χ0n) is 12.1. The van der Waals surface area contributed by atoms with Crippen LogP contribution in [0.2, 0.25) is 0 Å². The maximum atomic E-state index is 5.47. The first-order valence-corrected chi connectivity index (χ1v) is 7.61. The van der Waals surface area contributed by atoms with Gasteiger partial charge in [0.05, 0.1) is 18.3 Å². The Morgan fingerprint density at radius 2 is 2.21 bits per heavy atom. The molecule has 1 atom stereocenters. The second-order valence-electron chi connectivity index (χ2n) is 5.93. The molecule has 1 saturated carbocycles. The van der Waals surface area contributed by atoms with Crippen LogP contribution >= 0.6 is 0 Å². The minimum Gasteiger partial charge on any atom is -0.380 e. The molecular weight excluding hydrogens is 238 g/mol. The molecule has 0 bridgehead atoms. The summed E-state index contributed by atoms with van der Waals surface area (Å²) >= 11 is 0. The van der Waals surface area contributed by atoms with Crippen molar-refractivity contribution in [2.45, 2.75) is 64.1 Å². The van der Waals surface area contributed by atoms with Gasteiger partial charge in [-0.15, -0.1) is 0 Å². The fourth-order valence-corrected chi connectivity index (χ4v) is 3.42. The summed E-state index contributed by atoms with van der Waals surface area (Å²) < 4.78 is 7.94. The van der Waals surface area contributed by atoms with Crippen LogP contribution in [0.25, 0.3) is 0 Å². The van der Waals surface area contributed by atoms with E-state index in [9.17, 15) is 0 Å². The van der Waals surface area contributed by atoms with Gasteiger partial charge in [-0.2, -0.15) is 0 Å². The largest absolute Gasteiger partial charge is 0.380 e. The lowest BCUT2D eigenvalue weighted by Gasteiger charge is -2.20. The van der Waals surface area contributed by atoms with Gasteiger partial charge in [-0.25, -0.2) is 4.98 Å². The Balaban J connectivity index is 1.94. The van der Waals surface area contributed by atoms with Crippen LogP contribution in [0.3, 0.4) is 0 Å². The predicted molar refractivity (Wildman–Crippen MR) is 75.3 cm³/mol. The molecule has 1 aliphatic heterocycles. The Kier molecular flexibility index (Phi) is 3.89. The molecule has 0 amide bonds. The molecule has 106 valence electrons. The van der Waals surface area contributed by atoms with Crippen LogP contribution in [0.1, 0.15) is 55.7 Å². The van der Waals surface area contributed by atoms with E-state index in [2.05, 4.69) is 16.8 Å². The number of imidazole rings is 1. The second-order valence-corrected chi connectivity index (χ2v) is 5.93. The molecule has 4 nitrogen and oxygen atoms in total. The van der Waals surface area contributed by atoms with Crippen molar-refractivity contribution >= 4 is 0 Å². The van der Waals surface area contributed by atoms with Crippen LogP contribution in [0.5, 0.6) is 0 Å². The molecule has 1 N–H and O–H groups in total. The predicted octanol–water partition coefficient (Wildman–Crippen LogP) is 2.22. The van der Waals surface area contributed by atoms with Gasteiger partial charge >= 0.3 is 0 Å². The number of nitrogens with zero attached hydrogens (tertiary/aromatic N) is 2. The summed E-state index contributed by atoms with van der Waals surface area (Å²) in [6.07, 6.45) is 6.70. The van der Waals surface area contributed by atoms with Crippen molar-refractivity contribution in [3.05, 3.63) is 17.2 Å². The van der Waals surface area contributed by atoms with Crippen molar-refractivity contribution in [3.63, 3.8) is 0 Å². The SMILES string of the molecule is COC(C)Cn1c(C2CCCC2)nc2c1CCNC2. The molecule has 4 heteroatoms. The highest BCUT2D eigenvalue weighted by atomic mass is 16.5. The molecule has 0 spiro atoms. The van der Waals surface area contributed by atoms with E-state index in [1.165, 1.54) is 42.9 Å². The number of hydrogen-bond acceptors (Lipinski definition) is 3. The average molecular weight is 263 g/mol. The van der Waals surface area contributed by atoms with Crippen molar-refractivity contribution in [2.75, 3.05) is 13.7 Å². The van der Waals surface area contributed by atoms with Crippen LogP contribution in [0.4, 0.5) is 0 Å². The Morgan fingerprint density at radius 1 is 1.42 bits per heavy atom. The maximum absolute atomic E-state index is 5.47. The lowest BCUT2D eigenvalue weighted by molar-refractivity contribution is 0.101. The highest BCUT2D eigenvalue weighted by molar-refractivity contribution is 5.22. The fourth-order valence-electron chi connectivity index (χ4n) is 3.42. The highest BCUT2D eigenvalue weighted by Gasteiger charge is 2.27. The Hall–Kier alpha value is -0.870. The van der Waals surface area contributed by atoms with Gasteiger partial charge in [0.1, 0.15) is 5.82 Å². The van der Waals surface area contributed by atoms with Gasteiger partial charge in [0, 0.05) is 38.2 Å². The van der Waals surface area contributed by atoms with E-state index >= 15 is 0 Å². The van der Waals surface area contributed by atoms with Gasteiger partial charge in [0.2, 0.25) is 0 Å². The van der Waals surface area contributed by atoms with Crippen molar-refractivity contribution in [3.8, 4) is 0 Å². The number of nitrogens with one attached hydrogen (secondary N) is 1. The molecule has 2 aliphatic rings. The van der Waals surface area contributed by atoms with E-state index in [0.29, 0.717) is 5.92 Å². The molecule has 2 heterocycles. The van der Waals surface area contributed by atoms with Gasteiger partial charge in [0.25, 0.3) is 0 Å². The third-order valence-electron chi connectivity index (χ3n) is 4.58. The normalized spacial score (nSPS) is 21.6. The zero-order valence-corrected chi connectivity index (χ0v) is 12.1. The summed E-state index contributed by atoms with van der Waals surface area (Å²) in [4.78, 5) is 4.96. The molecule has 1 aromatic rings. The first-order valence-electron chi connectivity index (χ1n) is 7.61. The van der Waals surface area contributed by atoms with Gasteiger partial charge in [0.15, 0.2) is 0 Å². The van der Waals surface area contributed by atoms with Crippen molar-refractivity contribution in [2.24, 2.45) is 0 Å². The van der Waals surface area contributed by atoms with E-state index in [1.54, 1.807) is 7.11 Å². The summed E-state index contributed by atoms with van der Waals surface area (Å²) in [5.74, 6) is 2.00. The summed E-state index contributed by atoms with van der Waals surface area (Å²) in [6, 6.07) is 0. The van der Waals surface area contributed by atoms with E-state index in [-0.39, 0.29) is 6.10 Å². The summed E-state index contributed by atoms with van der Waals surface area (Å²) in [5.41, 5.74) is 2.72. The van der Waals surface area contributed by atoms with Crippen molar-refractivity contribution < 1.29 is 4.74 Å². The minimum atomic E-state index is 0.258. The molecule has 0 saturated heterocycles. The standard InChI is InChI=1S/C15H25N3O/c1-11(19-2)10-18-14-7-8-16-9-13(14)17-15(18)12-5-3-4-6-12/h11-12,16H,3-10H2,1-2H3. The lowest BCUT2D eigenvalue weighted by atomic mass is 10.1. The highest BCUT2D eigenvalue weighted by Crippen LogP contribution is 2.35. The molecule has 1 aromatic heterocycles. The van der Waals surface area contributed by atoms with E-state index in [4.69, 9.17) is 9.72 Å².